The summed E-state index contributed by atoms with van der Waals surface area (Å²) in [6, 6.07) is 15.8. The summed E-state index contributed by atoms with van der Waals surface area (Å²) in [7, 11) is 0. The number of hydrogen-bond acceptors (Lipinski definition) is 2. The predicted octanol–water partition coefficient (Wildman–Crippen LogP) is 3.94. The van der Waals surface area contributed by atoms with Crippen LogP contribution in [-0.2, 0) is 4.79 Å². The first-order valence-corrected chi connectivity index (χ1v) is 6.66. The van der Waals surface area contributed by atoms with Gasteiger partial charge in [0.25, 0.3) is 0 Å². The van der Waals surface area contributed by atoms with Gasteiger partial charge < -0.3 is 5.32 Å². The van der Waals surface area contributed by atoms with Crippen LogP contribution >= 0.6 is 11.6 Å². The quantitative estimate of drug-likeness (QED) is 0.847. The molecule has 0 fully saturated rings. The van der Waals surface area contributed by atoms with Crippen molar-refractivity contribution in [2.45, 2.75) is 12.8 Å². The zero-order valence-corrected chi connectivity index (χ0v) is 11.6. The first kappa shape index (κ1) is 14.3. The van der Waals surface area contributed by atoms with E-state index in [1.165, 1.54) is 0 Å². The standard InChI is InChI=1S/C16H14ClNO2/c17-13-8-6-12(7-9-13)15(19)10-11-16(20)18-14-4-2-1-3-5-14/h1-9H,10-11H2,(H,18,20). The average Bonchev–Trinajstić information content (AvgIpc) is 2.46. The predicted molar refractivity (Wildman–Crippen MR) is 80.1 cm³/mol. The third-order valence-electron chi connectivity index (χ3n) is 2.80. The number of carbonyl (C=O) groups excluding carboxylic acids is 2. The Morgan fingerprint density at radius 1 is 0.900 bits per heavy atom. The fourth-order valence-corrected chi connectivity index (χ4v) is 1.88. The summed E-state index contributed by atoms with van der Waals surface area (Å²) < 4.78 is 0. The Morgan fingerprint density at radius 3 is 2.20 bits per heavy atom. The zero-order valence-electron chi connectivity index (χ0n) is 10.8. The number of halogens is 1. The van der Waals surface area contributed by atoms with Gasteiger partial charge in [0.1, 0.15) is 0 Å². The van der Waals surface area contributed by atoms with Crippen LogP contribution in [0.15, 0.2) is 54.6 Å². The number of rotatable bonds is 5. The highest BCUT2D eigenvalue weighted by Crippen LogP contribution is 2.12. The largest absolute Gasteiger partial charge is 0.326 e. The van der Waals surface area contributed by atoms with Gasteiger partial charge in [-0.15, -0.1) is 0 Å². The van der Waals surface area contributed by atoms with Crippen molar-refractivity contribution >= 4 is 29.0 Å². The summed E-state index contributed by atoms with van der Waals surface area (Å²) in [4.78, 5) is 23.6. The van der Waals surface area contributed by atoms with E-state index in [1.54, 1.807) is 36.4 Å². The number of ketones is 1. The first-order valence-electron chi connectivity index (χ1n) is 6.29. The molecule has 0 radical (unpaired) electrons. The van der Waals surface area contributed by atoms with Gasteiger partial charge in [0.15, 0.2) is 5.78 Å². The number of hydrogen-bond donors (Lipinski definition) is 1. The molecule has 0 aliphatic carbocycles. The Bertz CT molecular complexity index is 594. The Morgan fingerprint density at radius 2 is 1.55 bits per heavy atom. The second kappa shape index (κ2) is 6.87. The Labute approximate surface area is 122 Å². The van der Waals surface area contributed by atoms with Gasteiger partial charge >= 0.3 is 0 Å². The summed E-state index contributed by atoms with van der Waals surface area (Å²) >= 11 is 5.76. The molecule has 20 heavy (non-hydrogen) atoms. The molecule has 3 nitrogen and oxygen atoms in total. The van der Waals surface area contributed by atoms with Gasteiger partial charge in [-0.2, -0.15) is 0 Å². The van der Waals surface area contributed by atoms with Crippen LogP contribution in [0.1, 0.15) is 23.2 Å². The zero-order chi connectivity index (χ0) is 14.4. The lowest BCUT2D eigenvalue weighted by Gasteiger charge is -2.04. The number of benzene rings is 2. The third kappa shape index (κ3) is 4.21. The Balaban J connectivity index is 1.84. The number of para-hydroxylation sites is 1. The fraction of sp³-hybridized carbons (Fsp3) is 0.125. The topological polar surface area (TPSA) is 46.2 Å². The Hall–Kier alpha value is -2.13. The minimum absolute atomic E-state index is 0.0649. The second-order valence-corrected chi connectivity index (χ2v) is 4.78. The highest BCUT2D eigenvalue weighted by Gasteiger charge is 2.09. The molecule has 1 N–H and O–H groups in total. The van der Waals surface area contributed by atoms with E-state index in [2.05, 4.69) is 5.32 Å². The van der Waals surface area contributed by atoms with Crippen LogP contribution in [0.5, 0.6) is 0 Å². The van der Waals surface area contributed by atoms with Crippen molar-refractivity contribution in [2.24, 2.45) is 0 Å². The molecular weight excluding hydrogens is 274 g/mol. The number of Topliss-reactive ketones (excluding diaryl/α,β-unsaturated/α-hetero) is 1. The molecule has 4 heteroatoms. The summed E-state index contributed by atoms with van der Waals surface area (Å²) in [6.07, 6.45) is 0.344. The molecule has 0 atom stereocenters. The van der Waals surface area contributed by atoms with Crippen molar-refractivity contribution in [1.82, 2.24) is 0 Å². The summed E-state index contributed by atoms with van der Waals surface area (Å²) in [5.74, 6) is -0.233. The van der Waals surface area contributed by atoms with E-state index in [-0.39, 0.29) is 24.5 Å². The molecule has 0 bridgehead atoms. The lowest BCUT2D eigenvalue weighted by Crippen LogP contribution is -2.13. The van der Waals surface area contributed by atoms with E-state index >= 15 is 0 Å². The monoisotopic (exact) mass is 287 g/mol. The minimum Gasteiger partial charge on any atom is -0.326 e. The molecule has 2 aromatic carbocycles. The van der Waals surface area contributed by atoms with E-state index in [0.717, 1.165) is 5.69 Å². The number of nitrogens with one attached hydrogen (secondary N) is 1. The Kier molecular flexibility index (Phi) is 4.91. The summed E-state index contributed by atoms with van der Waals surface area (Å²) in [6.45, 7) is 0. The van der Waals surface area contributed by atoms with Gasteiger partial charge in [-0.25, -0.2) is 0 Å². The highest BCUT2D eigenvalue weighted by atomic mass is 35.5. The third-order valence-corrected chi connectivity index (χ3v) is 3.05. The maximum Gasteiger partial charge on any atom is 0.224 e. The molecule has 0 saturated heterocycles. The van der Waals surface area contributed by atoms with Crippen LogP contribution in [0.25, 0.3) is 0 Å². The van der Waals surface area contributed by atoms with Crippen LogP contribution < -0.4 is 5.32 Å². The van der Waals surface area contributed by atoms with Gasteiger partial charge in [0, 0.05) is 29.1 Å². The second-order valence-electron chi connectivity index (χ2n) is 4.34. The summed E-state index contributed by atoms with van der Waals surface area (Å²) in [5.41, 5.74) is 1.30. The molecule has 0 saturated carbocycles. The average molecular weight is 288 g/mol. The van der Waals surface area contributed by atoms with Crippen molar-refractivity contribution in [3.63, 3.8) is 0 Å². The van der Waals surface area contributed by atoms with Gasteiger partial charge in [-0.3, -0.25) is 9.59 Å². The lowest BCUT2D eigenvalue weighted by molar-refractivity contribution is -0.116. The van der Waals surface area contributed by atoms with E-state index in [9.17, 15) is 9.59 Å². The van der Waals surface area contributed by atoms with E-state index in [1.807, 2.05) is 18.2 Å². The minimum atomic E-state index is -0.168. The summed E-state index contributed by atoms with van der Waals surface area (Å²) in [5, 5.41) is 3.33. The maximum absolute atomic E-state index is 11.9. The van der Waals surface area contributed by atoms with Crippen LogP contribution in [0.2, 0.25) is 5.02 Å². The fourth-order valence-electron chi connectivity index (χ4n) is 1.75. The molecular formula is C16H14ClNO2. The van der Waals surface area contributed by atoms with Gasteiger partial charge in [-0.05, 0) is 36.4 Å². The maximum atomic E-state index is 11.9. The molecule has 0 spiro atoms. The normalized spacial score (nSPS) is 10.1. The SMILES string of the molecule is O=C(CCC(=O)c1ccc(Cl)cc1)Nc1ccccc1. The van der Waals surface area contributed by atoms with Crippen molar-refractivity contribution < 1.29 is 9.59 Å². The molecule has 0 unspecified atom stereocenters. The molecule has 0 aliphatic heterocycles. The number of amides is 1. The van der Waals surface area contributed by atoms with Crippen molar-refractivity contribution in [3.05, 3.63) is 65.2 Å². The van der Waals surface area contributed by atoms with Gasteiger partial charge in [0.05, 0.1) is 0 Å². The number of anilines is 1. The number of carbonyl (C=O) groups is 2. The molecule has 1 amide bonds. The van der Waals surface area contributed by atoms with Crippen LogP contribution in [0.3, 0.4) is 0 Å². The molecule has 2 aromatic rings. The first-order chi connectivity index (χ1) is 9.65. The van der Waals surface area contributed by atoms with Gasteiger partial charge in [-0.1, -0.05) is 29.8 Å². The van der Waals surface area contributed by atoms with Crippen molar-refractivity contribution in [2.75, 3.05) is 5.32 Å². The smallest absolute Gasteiger partial charge is 0.224 e. The van der Waals surface area contributed by atoms with Crippen molar-refractivity contribution in [3.8, 4) is 0 Å². The highest BCUT2D eigenvalue weighted by molar-refractivity contribution is 6.30. The molecule has 0 aliphatic rings. The molecule has 2 rings (SSSR count). The van der Waals surface area contributed by atoms with E-state index < -0.39 is 0 Å². The molecule has 0 aromatic heterocycles. The van der Waals surface area contributed by atoms with Crippen LogP contribution in [0, 0.1) is 0 Å². The van der Waals surface area contributed by atoms with Crippen LogP contribution in [-0.4, -0.2) is 11.7 Å². The van der Waals surface area contributed by atoms with Gasteiger partial charge in [0.2, 0.25) is 5.91 Å². The van der Waals surface area contributed by atoms with E-state index in [0.29, 0.717) is 10.6 Å². The van der Waals surface area contributed by atoms with E-state index in [4.69, 9.17) is 11.6 Å². The lowest BCUT2D eigenvalue weighted by atomic mass is 10.1. The van der Waals surface area contributed by atoms with Crippen molar-refractivity contribution in [1.29, 1.82) is 0 Å². The molecule has 0 heterocycles. The molecule has 102 valence electrons. The van der Waals surface area contributed by atoms with Crippen LogP contribution in [0.4, 0.5) is 5.69 Å².